The van der Waals surface area contributed by atoms with Crippen LogP contribution in [0.4, 0.5) is 5.69 Å². The third kappa shape index (κ3) is 10.4. The Hall–Kier alpha value is -7.44. The summed E-state index contributed by atoms with van der Waals surface area (Å²) in [5.74, 6) is -2.22. The summed E-state index contributed by atoms with van der Waals surface area (Å²) < 4.78 is 43.3. The molecule has 6 aromatic carbocycles. The number of carbonyl (C=O) groups is 4. The number of rotatable bonds is 14. The maximum atomic E-state index is 14.1. The number of benzene rings is 6. The van der Waals surface area contributed by atoms with E-state index in [9.17, 15) is 19.2 Å². The van der Waals surface area contributed by atoms with Crippen LogP contribution in [0.25, 0.3) is 0 Å². The second kappa shape index (κ2) is 19.5. The first-order valence-electron chi connectivity index (χ1n) is 19.5. The van der Waals surface area contributed by atoms with E-state index in [2.05, 4.69) is 0 Å². The smallest absolute Gasteiger partial charge is 0.338 e. The van der Waals surface area contributed by atoms with Crippen molar-refractivity contribution in [3.8, 4) is 11.5 Å². The molecule has 1 aliphatic rings. The fourth-order valence-corrected chi connectivity index (χ4v) is 6.79. The van der Waals surface area contributed by atoms with E-state index >= 15 is 0 Å². The molecule has 12 nitrogen and oxygen atoms in total. The summed E-state index contributed by atoms with van der Waals surface area (Å²) in [6, 6.07) is 45.4. The topological polar surface area (TPSA) is 159 Å². The second-order valence-electron chi connectivity index (χ2n) is 14.2. The Kier molecular flexibility index (Phi) is 13.4. The average molecular weight is 822 g/mol. The van der Waals surface area contributed by atoms with Gasteiger partial charge in [-0.1, -0.05) is 91.0 Å². The van der Waals surface area contributed by atoms with Crippen molar-refractivity contribution in [3.05, 3.63) is 197 Å². The molecule has 1 aliphatic heterocycles. The van der Waals surface area contributed by atoms with Gasteiger partial charge in [0.25, 0.3) is 0 Å². The highest BCUT2D eigenvalue weighted by Crippen LogP contribution is 2.36. The number of anilines is 1. The molecular formula is C49H43NO11. The van der Waals surface area contributed by atoms with Gasteiger partial charge in [-0.2, -0.15) is 0 Å². The van der Waals surface area contributed by atoms with Gasteiger partial charge in [0.15, 0.2) is 12.2 Å². The molecule has 0 aliphatic carbocycles. The molecule has 1 fully saturated rings. The van der Waals surface area contributed by atoms with E-state index in [-0.39, 0.29) is 28.0 Å². The van der Waals surface area contributed by atoms with Crippen LogP contribution in [0.1, 0.15) is 59.5 Å². The average Bonchev–Trinajstić information content (AvgIpc) is 3.30. The van der Waals surface area contributed by atoms with Crippen molar-refractivity contribution in [1.82, 2.24) is 0 Å². The van der Waals surface area contributed by atoms with Gasteiger partial charge < -0.3 is 38.9 Å². The maximum Gasteiger partial charge on any atom is 0.338 e. The van der Waals surface area contributed by atoms with E-state index in [1.807, 2.05) is 24.3 Å². The van der Waals surface area contributed by atoms with Crippen LogP contribution in [0.15, 0.2) is 164 Å². The van der Waals surface area contributed by atoms with Gasteiger partial charge in [0.05, 0.1) is 29.4 Å². The molecule has 1 unspecified atom stereocenters. The van der Waals surface area contributed by atoms with Crippen LogP contribution >= 0.6 is 0 Å². The van der Waals surface area contributed by atoms with Gasteiger partial charge in [0.1, 0.15) is 23.7 Å². The van der Waals surface area contributed by atoms with Gasteiger partial charge in [0, 0.05) is 18.2 Å². The third-order valence-electron chi connectivity index (χ3n) is 9.94. The van der Waals surface area contributed by atoms with E-state index < -0.39 is 60.7 Å². The molecule has 61 heavy (non-hydrogen) atoms. The van der Waals surface area contributed by atoms with Crippen LogP contribution in [0, 0.1) is 0 Å². The number of ether oxygens (including phenoxy) is 7. The van der Waals surface area contributed by atoms with Gasteiger partial charge in [-0.15, -0.1) is 0 Å². The molecule has 12 heteroatoms. The molecule has 0 aromatic heterocycles. The van der Waals surface area contributed by atoms with Crippen molar-refractivity contribution in [2.24, 2.45) is 0 Å². The van der Waals surface area contributed by atoms with Crippen LogP contribution < -0.4 is 15.2 Å². The zero-order valence-electron chi connectivity index (χ0n) is 33.3. The molecule has 1 heterocycles. The van der Waals surface area contributed by atoms with Gasteiger partial charge in [0.2, 0.25) is 12.4 Å². The predicted molar refractivity (Wildman–Crippen MR) is 224 cm³/mol. The predicted octanol–water partition coefficient (Wildman–Crippen LogP) is 7.89. The summed E-state index contributed by atoms with van der Waals surface area (Å²) in [4.78, 5) is 55.6. The largest absolute Gasteiger partial charge is 0.497 e. The SMILES string of the molecule is COc1ccc(Cc2ccc(N)cc2OC2O[C@H]([C@@H](C)OC(=O)c3ccccc3)[C@@H](OC(=O)c3ccccc3)[C@H](OC(=O)c3ccccc3)[C@H]2OC(=O)c2ccccc2)cc1. The lowest BCUT2D eigenvalue weighted by Crippen LogP contribution is -2.65. The standard InChI is InChI=1S/C49H43NO11/c1-31(56-45(51)33-15-7-3-8-16-33)41-42(58-46(52)34-17-9-4-10-18-34)43(59-47(53)35-19-11-5-12-20-35)44(60-48(54)36-21-13-6-14-22-36)49(61-41)57-40-30-38(50)26-25-37(40)29-32-23-27-39(55-2)28-24-32/h3-28,30-31,41-44,49H,29,50H2,1-2H3/t31-,41-,42-,43+,44-,49?/m1/s1. The van der Waals surface area contributed by atoms with Gasteiger partial charge in [-0.25, -0.2) is 19.2 Å². The Labute approximate surface area is 352 Å². The van der Waals surface area contributed by atoms with Gasteiger partial charge in [-0.05, 0) is 84.8 Å². The first-order valence-corrected chi connectivity index (χ1v) is 19.5. The number of esters is 4. The first-order chi connectivity index (χ1) is 29.7. The van der Waals surface area contributed by atoms with E-state index in [1.165, 1.54) is 0 Å². The van der Waals surface area contributed by atoms with Crippen molar-refractivity contribution >= 4 is 29.6 Å². The number of methoxy groups -OCH3 is 1. The van der Waals surface area contributed by atoms with Gasteiger partial charge in [-0.3, -0.25) is 0 Å². The molecule has 1 saturated heterocycles. The molecule has 2 N–H and O–H groups in total. The molecule has 6 atom stereocenters. The van der Waals surface area contributed by atoms with Crippen molar-refractivity contribution in [2.45, 2.75) is 50.2 Å². The molecule has 0 spiro atoms. The van der Waals surface area contributed by atoms with Gasteiger partial charge >= 0.3 is 23.9 Å². The Morgan fingerprint density at radius 1 is 0.574 bits per heavy atom. The zero-order valence-corrected chi connectivity index (χ0v) is 33.3. The van der Waals surface area contributed by atoms with Crippen molar-refractivity contribution in [1.29, 1.82) is 0 Å². The Bertz CT molecular complexity index is 2410. The van der Waals surface area contributed by atoms with E-state index in [1.54, 1.807) is 154 Å². The van der Waals surface area contributed by atoms with Crippen molar-refractivity contribution in [2.75, 3.05) is 12.8 Å². The summed E-state index contributed by atoms with van der Waals surface area (Å²) in [7, 11) is 1.58. The van der Waals surface area contributed by atoms with Crippen LogP contribution in [-0.4, -0.2) is 67.8 Å². The van der Waals surface area contributed by atoms with E-state index in [0.717, 1.165) is 5.56 Å². The fourth-order valence-electron chi connectivity index (χ4n) is 6.79. The third-order valence-corrected chi connectivity index (χ3v) is 9.94. The monoisotopic (exact) mass is 821 g/mol. The lowest BCUT2D eigenvalue weighted by molar-refractivity contribution is -0.284. The highest BCUT2D eigenvalue weighted by atomic mass is 16.7. The first kappa shape index (κ1) is 41.7. The number of hydrogen-bond acceptors (Lipinski definition) is 12. The quantitative estimate of drug-likeness (QED) is 0.0644. The highest BCUT2D eigenvalue weighted by Gasteiger charge is 2.56. The fraction of sp³-hybridized carbons (Fsp3) is 0.184. The number of hydrogen-bond donors (Lipinski definition) is 1. The number of nitrogen functional groups attached to an aromatic ring is 1. The molecule has 7 rings (SSSR count). The summed E-state index contributed by atoms with van der Waals surface area (Å²) in [6.45, 7) is 1.55. The Balaban J connectivity index is 1.34. The molecule has 0 radical (unpaired) electrons. The van der Waals surface area contributed by atoms with E-state index in [0.29, 0.717) is 23.4 Å². The molecule has 0 amide bonds. The van der Waals surface area contributed by atoms with Crippen LogP contribution in [0.3, 0.4) is 0 Å². The van der Waals surface area contributed by atoms with Crippen molar-refractivity contribution < 1.29 is 52.3 Å². The molecule has 0 bridgehead atoms. The minimum absolute atomic E-state index is 0.158. The summed E-state index contributed by atoms with van der Waals surface area (Å²) in [6.07, 6.45) is -8.52. The lowest BCUT2D eigenvalue weighted by atomic mass is 9.94. The molecule has 0 saturated carbocycles. The van der Waals surface area contributed by atoms with E-state index in [4.69, 9.17) is 38.9 Å². The molecule has 6 aromatic rings. The summed E-state index contributed by atoms with van der Waals surface area (Å²) in [5, 5.41) is 0. The number of nitrogens with two attached hydrogens (primary N) is 1. The molecule has 310 valence electrons. The Morgan fingerprint density at radius 2 is 1.03 bits per heavy atom. The van der Waals surface area contributed by atoms with Crippen molar-refractivity contribution in [3.63, 3.8) is 0 Å². The van der Waals surface area contributed by atoms with Crippen LogP contribution in [0.2, 0.25) is 0 Å². The summed E-state index contributed by atoms with van der Waals surface area (Å²) in [5.41, 5.74) is 9.01. The lowest BCUT2D eigenvalue weighted by Gasteiger charge is -2.45. The number of carbonyl (C=O) groups excluding carboxylic acids is 4. The van der Waals surface area contributed by atoms with Crippen LogP contribution in [0.5, 0.6) is 11.5 Å². The minimum atomic E-state index is -1.61. The van der Waals surface area contributed by atoms with Crippen LogP contribution in [-0.2, 0) is 30.1 Å². The maximum absolute atomic E-state index is 14.1. The Morgan fingerprint density at radius 3 is 1.52 bits per heavy atom. The normalized spacial score (nSPS) is 18.8. The second-order valence-corrected chi connectivity index (χ2v) is 14.2. The minimum Gasteiger partial charge on any atom is -0.497 e. The summed E-state index contributed by atoms with van der Waals surface area (Å²) >= 11 is 0. The molecular weight excluding hydrogens is 779 g/mol. The zero-order chi connectivity index (χ0) is 42.7. The highest BCUT2D eigenvalue weighted by molar-refractivity contribution is 5.91.